The number of carbonyl (C=O) groups is 1. The zero-order valence-electron chi connectivity index (χ0n) is 16.7. The number of ketones is 1. The van der Waals surface area contributed by atoms with Gasteiger partial charge in [-0.3, -0.25) is 4.79 Å². The highest BCUT2D eigenvalue weighted by Gasteiger charge is 2.58. The van der Waals surface area contributed by atoms with Crippen LogP contribution in [0.15, 0.2) is 42.5 Å². The molecule has 0 N–H and O–H groups in total. The monoisotopic (exact) mass is 489 g/mol. The second kappa shape index (κ2) is 6.80. The quantitative estimate of drug-likeness (QED) is 0.326. The molecule has 31 heavy (non-hydrogen) atoms. The van der Waals surface area contributed by atoms with Crippen LogP contribution in [-0.2, 0) is 11.6 Å². The zero-order valence-corrected chi connectivity index (χ0v) is 18.9. The summed E-state index contributed by atoms with van der Waals surface area (Å²) in [7, 11) is 1.77. The molecule has 2 aliphatic heterocycles. The number of nitrogens with zero attached hydrogens (tertiary/aromatic N) is 1. The zero-order chi connectivity index (χ0) is 23.0. The summed E-state index contributed by atoms with van der Waals surface area (Å²) in [4.78, 5) is 14.1. The number of ether oxygens (including phenoxy) is 1. The minimum Gasteiger partial charge on any atom is -0.463 e. The predicted octanol–water partition coefficient (Wildman–Crippen LogP) is 6.79. The Morgan fingerprint density at radius 1 is 1.06 bits per heavy atom. The van der Waals surface area contributed by atoms with E-state index in [9.17, 15) is 18.0 Å². The van der Waals surface area contributed by atoms with Crippen molar-refractivity contribution in [1.82, 2.24) is 0 Å². The Labute approximate surface area is 192 Å². The van der Waals surface area contributed by atoms with E-state index in [1.165, 1.54) is 18.2 Å². The van der Waals surface area contributed by atoms with Crippen LogP contribution in [0.2, 0.25) is 0 Å². The van der Waals surface area contributed by atoms with E-state index in [4.69, 9.17) is 39.5 Å². The SMILES string of the molecule is CN1c2ccc(C(F)(F)F)cc2C(C)(C)C12C=Cc1cc(C(=O)C(Cl)(Cl)Cl)ccc1O2. The molecule has 0 bridgehead atoms. The first-order valence-electron chi connectivity index (χ1n) is 9.28. The van der Waals surface area contributed by atoms with Crippen molar-refractivity contribution in [3.8, 4) is 5.75 Å². The molecule has 2 aromatic carbocycles. The van der Waals surface area contributed by atoms with Crippen LogP contribution in [-0.4, -0.2) is 22.3 Å². The van der Waals surface area contributed by atoms with Gasteiger partial charge >= 0.3 is 6.18 Å². The van der Waals surface area contributed by atoms with Gasteiger partial charge in [0, 0.05) is 23.9 Å². The molecule has 4 rings (SSSR count). The highest BCUT2D eigenvalue weighted by molar-refractivity contribution is 6.77. The average Bonchev–Trinajstić information content (AvgIpc) is 2.84. The normalized spacial score (nSPS) is 21.6. The third-order valence-corrected chi connectivity index (χ3v) is 6.55. The molecule has 9 heteroatoms. The first kappa shape index (κ1) is 22.3. The lowest BCUT2D eigenvalue weighted by Crippen LogP contribution is -2.58. The van der Waals surface area contributed by atoms with Crippen molar-refractivity contribution in [3.05, 3.63) is 64.7 Å². The second-order valence-electron chi connectivity index (χ2n) is 8.13. The number of hydrogen-bond acceptors (Lipinski definition) is 3. The first-order chi connectivity index (χ1) is 14.2. The summed E-state index contributed by atoms with van der Waals surface area (Å²) in [6.45, 7) is 3.68. The Morgan fingerprint density at radius 2 is 1.74 bits per heavy atom. The van der Waals surface area contributed by atoms with Crippen molar-refractivity contribution in [2.24, 2.45) is 0 Å². The molecule has 0 saturated heterocycles. The van der Waals surface area contributed by atoms with E-state index < -0.39 is 32.5 Å². The van der Waals surface area contributed by atoms with Gasteiger partial charge in [-0.05, 0) is 68.0 Å². The number of carbonyl (C=O) groups excluding carboxylic acids is 1. The summed E-state index contributed by atoms with van der Waals surface area (Å²) in [5, 5.41) is 0. The van der Waals surface area contributed by atoms with Gasteiger partial charge in [-0.15, -0.1) is 0 Å². The van der Waals surface area contributed by atoms with E-state index in [1.54, 1.807) is 31.3 Å². The lowest BCUT2D eigenvalue weighted by Gasteiger charge is -2.45. The molecule has 1 atom stereocenters. The van der Waals surface area contributed by atoms with Crippen LogP contribution in [0.5, 0.6) is 5.75 Å². The highest BCUT2D eigenvalue weighted by atomic mass is 35.6. The van der Waals surface area contributed by atoms with Crippen molar-refractivity contribution in [2.75, 3.05) is 11.9 Å². The fraction of sp³-hybridized carbons (Fsp3) is 0.318. The highest BCUT2D eigenvalue weighted by Crippen LogP contribution is 2.55. The molecular formula is C22H17Cl3F3NO2. The Kier molecular flexibility index (Phi) is 4.90. The molecule has 0 fully saturated rings. The van der Waals surface area contributed by atoms with Crippen molar-refractivity contribution in [1.29, 1.82) is 0 Å². The summed E-state index contributed by atoms with van der Waals surface area (Å²) < 4.78 is 44.2. The maximum absolute atomic E-state index is 13.3. The maximum Gasteiger partial charge on any atom is 0.416 e. The van der Waals surface area contributed by atoms with Gasteiger partial charge < -0.3 is 9.64 Å². The summed E-state index contributed by atoms with van der Waals surface area (Å²) in [6.07, 6.45) is -0.893. The molecule has 0 radical (unpaired) electrons. The van der Waals surface area contributed by atoms with Gasteiger partial charge in [0.05, 0.1) is 11.0 Å². The Bertz CT molecular complexity index is 1120. The molecule has 2 aliphatic rings. The molecule has 3 nitrogen and oxygen atoms in total. The minimum atomic E-state index is -4.44. The number of fused-ring (bicyclic) bond motifs is 2. The van der Waals surface area contributed by atoms with Crippen LogP contribution in [0, 0.1) is 0 Å². The molecule has 164 valence electrons. The fourth-order valence-corrected chi connectivity index (χ4v) is 4.62. The Morgan fingerprint density at radius 3 is 2.35 bits per heavy atom. The van der Waals surface area contributed by atoms with Crippen LogP contribution in [0.3, 0.4) is 0 Å². The number of hydrogen-bond donors (Lipinski definition) is 0. The third kappa shape index (κ3) is 3.31. The van der Waals surface area contributed by atoms with E-state index in [0.29, 0.717) is 22.6 Å². The largest absolute Gasteiger partial charge is 0.463 e. The standard InChI is InChI=1S/C22H17Cl3F3NO2/c1-19(2)15-11-14(22(26,27)28)5-6-16(15)29(3)20(19)9-8-12-10-13(4-7-17(12)31-20)18(30)21(23,24)25/h4-11H,1-3H3. The van der Waals surface area contributed by atoms with Gasteiger partial charge in [0.25, 0.3) is 3.79 Å². The van der Waals surface area contributed by atoms with E-state index in [-0.39, 0.29) is 5.56 Å². The number of halogens is 6. The van der Waals surface area contributed by atoms with Crippen molar-refractivity contribution < 1.29 is 22.7 Å². The first-order valence-corrected chi connectivity index (χ1v) is 10.4. The van der Waals surface area contributed by atoms with Gasteiger partial charge in [0.2, 0.25) is 11.5 Å². The van der Waals surface area contributed by atoms with Gasteiger partial charge in [-0.25, -0.2) is 0 Å². The van der Waals surface area contributed by atoms with Crippen molar-refractivity contribution >= 4 is 52.3 Å². The number of likely N-dealkylation sites (N-methyl/N-ethyl adjacent to an activating group) is 1. The van der Waals surface area contributed by atoms with Crippen molar-refractivity contribution in [2.45, 2.75) is 35.0 Å². The predicted molar refractivity (Wildman–Crippen MR) is 116 cm³/mol. The van der Waals surface area contributed by atoms with Gasteiger partial charge in [0.15, 0.2) is 0 Å². The lowest BCUT2D eigenvalue weighted by molar-refractivity contribution is -0.137. The van der Waals surface area contributed by atoms with E-state index >= 15 is 0 Å². The van der Waals surface area contributed by atoms with Crippen LogP contribution in [0.25, 0.3) is 6.08 Å². The molecule has 0 aromatic heterocycles. The van der Waals surface area contributed by atoms with Crippen LogP contribution in [0.4, 0.5) is 18.9 Å². The fourth-order valence-electron chi connectivity index (χ4n) is 4.29. The third-order valence-electron chi connectivity index (χ3n) is 6.04. The number of rotatable bonds is 1. The van der Waals surface area contributed by atoms with Gasteiger partial charge in [-0.2, -0.15) is 13.2 Å². The van der Waals surface area contributed by atoms with Crippen LogP contribution < -0.4 is 9.64 Å². The molecule has 2 heterocycles. The summed E-state index contributed by atoms with van der Waals surface area (Å²) >= 11 is 17.1. The van der Waals surface area contributed by atoms with Crippen LogP contribution >= 0.6 is 34.8 Å². The molecular weight excluding hydrogens is 474 g/mol. The van der Waals surface area contributed by atoms with Gasteiger partial charge in [-0.1, -0.05) is 34.8 Å². The number of Topliss-reactive ketones (excluding diaryl/α,β-unsaturated/α-hetero) is 1. The Balaban J connectivity index is 1.77. The molecule has 0 saturated carbocycles. The lowest BCUT2D eigenvalue weighted by atomic mass is 9.76. The molecule has 1 unspecified atom stereocenters. The Hall–Kier alpha value is -1.89. The topological polar surface area (TPSA) is 29.5 Å². The van der Waals surface area contributed by atoms with E-state index in [0.717, 1.165) is 6.07 Å². The summed E-state index contributed by atoms with van der Waals surface area (Å²) in [5.74, 6) is -0.202. The maximum atomic E-state index is 13.3. The van der Waals surface area contributed by atoms with E-state index in [2.05, 4.69) is 0 Å². The average molecular weight is 491 g/mol. The smallest absolute Gasteiger partial charge is 0.416 e. The number of benzene rings is 2. The molecule has 0 aliphatic carbocycles. The number of anilines is 1. The summed E-state index contributed by atoms with van der Waals surface area (Å²) in [6, 6.07) is 8.35. The molecule has 0 amide bonds. The number of alkyl halides is 6. The minimum absolute atomic E-state index is 0.208. The van der Waals surface area contributed by atoms with Gasteiger partial charge in [0.1, 0.15) is 5.75 Å². The van der Waals surface area contributed by atoms with Crippen LogP contribution in [0.1, 0.15) is 40.9 Å². The van der Waals surface area contributed by atoms with Crippen molar-refractivity contribution in [3.63, 3.8) is 0 Å². The summed E-state index contributed by atoms with van der Waals surface area (Å²) in [5.41, 5.74) is -0.608. The molecule has 2 aromatic rings. The van der Waals surface area contributed by atoms with E-state index in [1.807, 2.05) is 18.7 Å². The molecule has 1 spiro atoms. The second-order valence-corrected chi connectivity index (χ2v) is 10.4.